The highest BCUT2D eigenvalue weighted by molar-refractivity contribution is 7.89. The molecule has 0 aliphatic heterocycles. The third-order valence-electron chi connectivity index (χ3n) is 4.33. The van der Waals surface area contributed by atoms with Crippen molar-refractivity contribution in [1.29, 1.82) is 0 Å². The molecule has 0 atom stereocenters. The van der Waals surface area contributed by atoms with Crippen LogP contribution in [0.5, 0.6) is 0 Å². The maximum Gasteiger partial charge on any atom is 0.241 e. The van der Waals surface area contributed by atoms with Crippen molar-refractivity contribution >= 4 is 16.0 Å². The number of guanidine groups is 1. The number of rotatable bonds is 5. The van der Waals surface area contributed by atoms with E-state index >= 15 is 0 Å². The van der Waals surface area contributed by atoms with Crippen LogP contribution >= 0.6 is 0 Å². The molecule has 0 bridgehead atoms. The van der Waals surface area contributed by atoms with Crippen molar-refractivity contribution in [1.82, 2.24) is 10.0 Å². The standard InChI is InChI=1S/C19H32N4O2S/c1-19(2,3)23-26(24,25)17-13-9-8-10-15(17)14-21-18(20)22-16-11-6-4-5-7-12-16/h8-10,13,16,23H,4-7,11-12,14H2,1-3H3,(H3,20,21,22). The molecule has 1 aliphatic rings. The van der Waals surface area contributed by atoms with Gasteiger partial charge in [0.25, 0.3) is 0 Å². The minimum Gasteiger partial charge on any atom is -0.370 e. The van der Waals surface area contributed by atoms with Crippen molar-refractivity contribution in [2.45, 2.75) is 82.3 Å². The summed E-state index contributed by atoms with van der Waals surface area (Å²) >= 11 is 0. The molecule has 0 aromatic heterocycles. The van der Waals surface area contributed by atoms with E-state index in [4.69, 9.17) is 5.73 Å². The molecule has 1 saturated carbocycles. The van der Waals surface area contributed by atoms with E-state index in [-0.39, 0.29) is 11.4 Å². The molecule has 6 nitrogen and oxygen atoms in total. The van der Waals surface area contributed by atoms with Crippen molar-refractivity contribution in [2.75, 3.05) is 0 Å². The quantitative estimate of drug-likeness (QED) is 0.416. The van der Waals surface area contributed by atoms with Crippen molar-refractivity contribution in [3.63, 3.8) is 0 Å². The van der Waals surface area contributed by atoms with E-state index in [2.05, 4.69) is 15.0 Å². The van der Waals surface area contributed by atoms with Gasteiger partial charge in [0.2, 0.25) is 10.0 Å². The maximum atomic E-state index is 12.7. The Morgan fingerprint density at radius 3 is 2.38 bits per heavy atom. The number of hydrogen-bond donors (Lipinski definition) is 3. The van der Waals surface area contributed by atoms with E-state index in [0.29, 0.717) is 17.6 Å². The fraction of sp³-hybridized carbons (Fsp3) is 0.632. The molecular weight excluding hydrogens is 348 g/mol. The highest BCUT2D eigenvalue weighted by Gasteiger charge is 2.24. The van der Waals surface area contributed by atoms with Crippen LogP contribution in [0.2, 0.25) is 0 Å². The lowest BCUT2D eigenvalue weighted by atomic mass is 10.1. The van der Waals surface area contributed by atoms with Gasteiger partial charge in [0.05, 0.1) is 11.4 Å². The van der Waals surface area contributed by atoms with Gasteiger partial charge in [-0.15, -0.1) is 0 Å². The number of nitrogens with zero attached hydrogens (tertiary/aromatic N) is 1. The van der Waals surface area contributed by atoms with E-state index in [1.54, 1.807) is 18.2 Å². The Kier molecular flexibility index (Phi) is 7.06. The molecular formula is C19H32N4O2S. The Bertz CT molecular complexity index is 715. The number of benzene rings is 1. The molecule has 4 N–H and O–H groups in total. The molecule has 0 heterocycles. The van der Waals surface area contributed by atoms with Crippen molar-refractivity contribution in [2.24, 2.45) is 10.7 Å². The number of aliphatic imine (C=N–C) groups is 1. The van der Waals surface area contributed by atoms with Crippen LogP contribution in [0.4, 0.5) is 0 Å². The summed E-state index contributed by atoms with van der Waals surface area (Å²) < 4.78 is 28.0. The van der Waals surface area contributed by atoms with Crippen LogP contribution in [0.3, 0.4) is 0 Å². The smallest absolute Gasteiger partial charge is 0.241 e. The van der Waals surface area contributed by atoms with Gasteiger partial charge < -0.3 is 11.1 Å². The number of nitrogens with one attached hydrogen (secondary N) is 2. The van der Waals surface area contributed by atoms with E-state index in [1.807, 2.05) is 26.8 Å². The highest BCUT2D eigenvalue weighted by Crippen LogP contribution is 2.19. The van der Waals surface area contributed by atoms with Crippen LogP contribution in [-0.2, 0) is 16.6 Å². The fourth-order valence-electron chi connectivity index (χ4n) is 3.20. The summed E-state index contributed by atoms with van der Waals surface area (Å²) in [5, 5.41) is 3.29. The Hall–Kier alpha value is -1.60. The van der Waals surface area contributed by atoms with Gasteiger partial charge in [-0.25, -0.2) is 18.1 Å². The Labute approximate surface area is 157 Å². The molecule has 1 fully saturated rings. The Morgan fingerprint density at radius 1 is 1.15 bits per heavy atom. The van der Waals surface area contributed by atoms with E-state index in [0.717, 1.165) is 12.8 Å². The first kappa shape index (κ1) is 20.7. The van der Waals surface area contributed by atoms with Gasteiger partial charge in [0.1, 0.15) is 0 Å². The van der Waals surface area contributed by atoms with Crippen LogP contribution in [0.1, 0.15) is 64.9 Å². The van der Waals surface area contributed by atoms with Gasteiger partial charge in [0.15, 0.2) is 5.96 Å². The zero-order chi connectivity index (χ0) is 19.2. The molecule has 0 saturated heterocycles. The topological polar surface area (TPSA) is 96.6 Å². The predicted molar refractivity (Wildman–Crippen MR) is 106 cm³/mol. The average molecular weight is 381 g/mol. The van der Waals surface area contributed by atoms with Gasteiger partial charge in [0, 0.05) is 11.6 Å². The molecule has 1 aromatic rings. The third-order valence-corrected chi connectivity index (χ3v) is 6.19. The number of hydrogen-bond acceptors (Lipinski definition) is 3. The second kappa shape index (κ2) is 8.86. The molecule has 0 radical (unpaired) electrons. The van der Waals surface area contributed by atoms with Crippen molar-refractivity contribution in [3.05, 3.63) is 29.8 Å². The highest BCUT2D eigenvalue weighted by atomic mass is 32.2. The fourth-order valence-corrected chi connectivity index (χ4v) is 4.86. The lowest BCUT2D eigenvalue weighted by molar-refractivity contribution is 0.491. The summed E-state index contributed by atoms with van der Waals surface area (Å²) in [5.41, 5.74) is 6.13. The summed E-state index contributed by atoms with van der Waals surface area (Å²) in [7, 11) is -3.61. The first-order valence-corrected chi connectivity index (χ1v) is 10.8. The second-order valence-electron chi connectivity index (χ2n) is 8.00. The second-order valence-corrected chi connectivity index (χ2v) is 9.65. The lowest BCUT2D eigenvalue weighted by Crippen LogP contribution is -2.41. The summed E-state index contributed by atoms with van der Waals surface area (Å²) in [6.45, 7) is 5.69. The first-order valence-electron chi connectivity index (χ1n) is 9.36. The predicted octanol–water partition coefficient (Wildman–Crippen LogP) is 2.89. The average Bonchev–Trinajstić information content (AvgIpc) is 2.79. The maximum absolute atomic E-state index is 12.7. The molecule has 7 heteroatoms. The minimum atomic E-state index is -3.61. The van der Waals surface area contributed by atoms with Crippen molar-refractivity contribution < 1.29 is 8.42 Å². The SMILES string of the molecule is CC(C)(C)NS(=O)(=O)c1ccccc1CN=C(N)NC1CCCCCC1. The molecule has 1 aromatic carbocycles. The van der Waals surface area contributed by atoms with Gasteiger partial charge >= 0.3 is 0 Å². The summed E-state index contributed by atoms with van der Waals surface area (Å²) in [6.07, 6.45) is 7.20. The summed E-state index contributed by atoms with van der Waals surface area (Å²) in [5.74, 6) is 0.382. The molecule has 0 unspecified atom stereocenters. The van der Waals surface area contributed by atoms with E-state index in [9.17, 15) is 8.42 Å². The van der Waals surface area contributed by atoms with Crippen LogP contribution in [0, 0.1) is 0 Å². The molecule has 1 aliphatic carbocycles. The molecule has 2 rings (SSSR count). The van der Waals surface area contributed by atoms with Crippen molar-refractivity contribution in [3.8, 4) is 0 Å². The Balaban J connectivity index is 2.09. The van der Waals surface area contributed by atoms with Crippen LogP contribution in [-0.4, -0.2) is 26.0 Å². The lowest BCUT2D eigenvalue weighted by Gasteiger charge is -2.21. The van der Waals surface area contributed by atoms with Gasteiger partial charge in [-0.2, -0.15) is 0 Å². The molecule has 146 valence electrons. The van der Waals surface area contributed by atoms with Gasteiger partial charge in [-0.1, -0.05) is 43.9 Å². The molecule has 26 heavy (non-hydrogen) atoms. The number of nitrogens with two attached hydrogens (primary N) is 1. The minimum absolute atomic E-state index is 0.229. The Morgan fingerprint density at radius 2 is 1.77 bits per heavy atom. The van der Waals surface area contributed by atoms with Crippen LogP contribution < -0.4 is 15.8 Å². The molecule has 0 spiro atoms. The van der Waals surface area contributed by atoms with Crippen LogP contribution in [0.25, 0.3) is 0 Å². The van der Waals surface area contributed by atoms with Gasteiger partial charge in [-0.3, -0.25) is 0 Å². The normalized spacial score (nSPS) is 17.7. The van der Waals surface area contributed by atoms with E-state index in [1.165, 1.54) is 25.7 Å². The summed E-state index contributed by atoms with van der Waals surface area (Å²) in [6, 6.07) is 7.28. The van der Waals surface area contributed by atoms with Gasteiger partial charge in [-0.05, 0) is 45.2 Å². The monoisotopic (exact) mass is 380 g/mol. The number of sulfonamides is 1. The first-order chi connectivity index (χ1) is 12.2. The third kappa shape index (κ3) is 6.61. The van der Waals surface area contributed by atoms with Crippen LogP contribution in [0.15, 0.2) is 34.2 Å². The van der Waals surface area contributed by atoms with E-state index < -0.39 is 15.6 Å². The molecule has 0 amide bonds. The zero-order valence-electron chi connectivity index (χ0n) is 16.1. The largest absolute Gasteiger partial charge is 0.370 e. The summed E-state index contributed by atoms with van der Waals surface area (Å²) in [4.78, 5) is 4.63. The zero-order valence-corrected chi connectivity index (χ0v) is 16.9.